The predicted molar refractivity (Wildman–Crippen MR) is 145 cm³/mol. The van der Waals surface area contributed by atoms with Crippen LogP contribution in [0.1, 0.15) is 26.3 Å². The Bertz CT molecular complexity index is 1420. The van der Waals surface area contributed by atoms with E-state index >= 15 is 0 Å². The molecule has 0 fully saturated rings. The maximum atomic E-state index is 10.1. The van der Waals surface area contributed by atoms with Gasteiger partial charge in [-0.2, -0.15) is 0 Å². The van der Waals surface area contributed by atoms with Crippen LogP contribution in [0.25, 0.3) is 33.6 Å². The fraction of sp³-hybridized carbons (Fsp3) is 0.167. The number of carboxylic acids is 3. The molecule has 0 saturated carbocycles. The van der Waals surface area contributed by atoms with Crippen molar-refractivity contribution in [2.24, 2.45) is 0 Å². The van der Waals surface area contributed by atoms with Crippen molar-refractivity contribution in [1.82, 2.24) is 9.97 Å². The average Bonchev–Trinajstić information content (AvgIpc) is 2.90. The summed E-state index contributed by atoms with van der Waals surface area (Å²) < 4.78 is 5.23. The molecule has 2 aromatic heterocycles. The molecule has 0 aliphatic rings. The van der Waals surface area contributed by atoms with Crippen molar-refractivity contribution in [2.75, 3.05) is 7.11 Å². The number of benzene rings is 2. The SMILES string of the molecule is CC(=O)[O-].CC(=O)[O-].CC(=O)[O-].COc1ccc(O)c(-c2ccc(-c3ccc(-c4cc(C)ccc4O)cn3)nc2)c1.[Mn+3]. The van der Waals surface area contributed by atoms with Gasteiger partial charge in [0.05, 0.1) is 18.5 Å². The molecule has 4 aromatic rings. The van der Waals surface area contributed by atoms with Gasteiger partial charge in [-0.1, -0.05) is 23.8 Å². The van der Waals surface area contributed by atoms with E-state index in [2.05, 4.69) is 9.97 Å². The number of nitrogens with zero attached hydrogens (tertiary/aromatic N) is 2. The summed E-state index contributed by atoms with van der Waals surface area (Å²) in [6.07, 6.45) is 3.43. The van der Waals surface area contributed by atoms with Crippen molar-refractivity contribution < 1.29 is 61.7 Å². The first-order chi connectivity index (χ1) is 19.2. The largest absolute Gasteiger partial charge is 3.00 e. The molecular weight excluding hydrogens is 587 g/mol. The van der Waals surface area contributed by atoms with Gasteiger partial charge >= 0.3 is 17.1 Å². The maximum Gasteiger partial charge on any atom is 3.00 e. The van der Waals surface area contributed by atoms with E-state index in [1.807, 2.05) is 43.3 Å². The number of carboxylic acid groups (broad SMARTS) is 3. The Labute approximate surface area is 253 Å². The number of carbonyl (C=O) groups is 3. The zero-order chi connectivity index (χ0) is 31.1. The average molecular weight is 617 g/mol. The number of phenols is 2. The number of carbonyl (C=O) groups excluding carboxylic acids is 3. The van der Waals surface area contributed by atoms with Crippen LogP contribution in [-0.4, -0.2) is 45.2 Å². The molecule has 0 saturated heterocycles. The van der Waals surface area contributed by atoms with Gasteiger partial charge in [0.15, 0.2) is 0 Å². The van der Waals surface area contributed by atoms with E-state index in [-0.39, 0.29) is 28.6 Å². The number of hydrogen-bond donors (Lipinski definition) is 2. The third-order valence-electron chi connectivity index (χ3n) is 4.77. The number of pyridine rings is 2. The molecule has 0 unspecified atom stereocenters. The third kappa shape index (κ3) is 13.4. The first-order valence-electron chi connectivity index (χ1n) is 11.9. The Morgan fingerprint density at radius 2 is 1.05 bits per heavy atom. The minimum absolute atomic E-state index is 0. The van der Waals surface area contributed by atoms with Crippen LogP contribution in [0, 0.1) is 6.92 Å². The second kappa shape index (κ2) is 18.4. The number of phenolic OH excluding ortho intramolecular Hbond substituents is 2. The van der Waals surface area contributed by atoms with Gasteiger partial charge in [-0.05, 0) is 70.2 Å². The molecule has 0 bridgehead atoms. The molecule has 4 rings (SSSR count). The fourth-order valence-electron chi connectivity index (χ4n) is 3.16. The number of aliphatic carboxylic acids is 3. The normalized spacial score (nSPS) is 9.17. The van der Waals surface area contributed by atoms with Crippen LogP contribution < -0.4 is 20.1 Å². The predicted octanol–water partition coefficient (Wildman–Crippen LogP) is 1.47. The van der Waals surface area contributed by atoms with Gasteiger partial charge in [0, 0.05) is 52.6 Å². The molecule has 220 valence electrons. The van der Waals surface area contributed by atoms with Crippen LogP contribution in [0.15, 0.2) is 73.1 Å². The molecular formula is C30H29MnN2O9. The summed E-state index contributed by atoms with van der Waals surface area (Å²) >= 11 is 0. The number of rotatable bonds is 4. The third-order valence-corrected chi connectivity index (χ3v) is 4.77. The standard InChI is InChI=1S/C24H20N2O3.3C2H4O2.Mn/c1-15-3-9-23(27)19(11-15)16-4-7-21(25-13-16)22-8-5-17(14-26-22)20-12-18(29-2)6-10-24(20)28;3*1-2(3)4;/h3-14,27-28H,1-2H3;3*1H3,(H,3,4);/q;;;;+3/p-3. The summed E-state index contributed by atoms with van der Waals surface area (Å²) in [5, 5.41) is 46.9. The summed E-state index contributed by atoms with van der Waals surface area (Å²) in [7, 11) is 1.59. The van der Waals surface area contributed by atoms with E-state index in [4.69, 9.17) is 34.4 Å². The summed E-state index contributed by atoms with van der Waals surface area (Å²) in [5.41, 5.74) is 5.54. The molecule has 0 aliphatic heterocycles. The Hall–Kier alpha value is -4.93. The van der Waals surface area contributed by atoms with Crippen LogP contribution in [0.5, 0.6) is 17.2 Å². The number of aryl methyl sites for hydroxylation is 1. The molecule has 0 aliphatic carbocycles. The monoisotopic (exact) mass is 616 g/mol. The number of aromatic nitrogens is 2. The molecule has 0 radical (unpaired) electrons. The molecule has 42 heavy (non-hydrogen) atoms. The Morgan fingerprint density at radius 3 is 1.40 bits per heavy atom. The van der Waals surface area contributed by atoms with E-state index in [0.29, 0.717) is 11.3 Å². The molecule has 2 heterocycles. The van der Waals surface area contributed by atoms with Crippen LogP contribution in [-0.2, 0) is 31.5 Å². The van der Waals surface area contributed by atoms with Crippen molar-refractivity contribution >= 4 is 17.9 Å². The van der Waals surface area contributed by atoms with Gasteiger partial charge in [0.2, 0.25) is 0 Å². The van der Waals surface area contributed by atoms with Gasteiger partial charge in [-0.25, -0.2) is 0 Å². The van der Waals surface area contributed by atoms with Gasteiger partial charge in [0.25, 0.3) is 0 Å². The molecule has 2 aromatic carbocycles. The van der Waals surface area contributed by atoms with Crippen molar-refractivity contribution in [2.45, 2.75) is 27.7 Å². The van der Waals surface area contributed by atoms with E-state index in [1.54, 1.807) is 43.8 Å². The van der Waals surface area contributed by atoms with Crippen LogP contribution >= 0.6 is 0 Å². The zero-order valence-corrected chi connectivity index (χ0v) is 24.6. The minimum atomic E-state index is -1.08. The van der Waals surface area contributed by atoms with Crippen molar-refractivity contribution in [1.29, 1.82) is 0 Å². The van der Waals surface area contributed by atoms with Gasteiger partial charge in [0.1, 0.15) is 17.2 Å². The smallest absolute Gasteiger partial charge is 0.550 e. The second-order valence-corrected chi connectivity index (χ2v) is 8.24. The maximum absolute atomic E-state index is 10.1. The molecule has 2 N–H and O–H groups in total. The molecule has 0 atom stereocenters. The second-order valence-electron chi connectivity index (χ2n) is 8.24. The Balaban J connectivity index is 0.00000111. The number of methoxy groups -OCH3 is 1. The van der Waals surface area contributed by atoms with Crippen LogP contribution in [0.3, 0.4) is 0 Å². The minimum Gasteiger partial charge on any atom is -0.550 e. The van der Waals surface area contributed by atoms with Gasteiger partial charge in [-0.3, -0.25) is 9.97 Å². The summed E-state index contributed by atoms with van der Waals surface area (Å²) in [6, 6.07) is 18.1. The first kappa shape index (κ1) is 37.1. The van der Waals surface area contributed by atoms with Crippen molar-refractivity contribution in [3.05, 3.63) is 78.6 Å². The summed E-state index contributed by atoms with van der Waals surface area (Å²) in [6.45, 7) is 4.90. The quantitative estimate of drug-likeness (QED) is 0.315. The van der Waals surface area contributed by atoms with E-state index < -0.39 is 17.9 Å². The number of ether oxygens (including phenoxy) is 1. The molecule has 0 amide bonds. The van der Waals surface area contributed by atoms with Crippen molar-refractivity contribution in [3.63, 3.8) is 0 Å². The molecule has 11 nitrogen and oxygen atoms in total. The molecule has 12 heteroatoms. The Morgan fingerprint density at radius 1 is 0.667 bits per heavy atom. The zero-order valence-electron chi connectivity index (χ0n) is 23.5. The van der Waals surface area contributed by atoms with E-state index in [0.717, 1.165) is 54.4 Å². The Kier molecular flexibility index (Phi) is 16.3. The molecule has 0 spiro atoms. The summed E-state index contributed by atoms with van der Waals surface area (Å²) in [4.78, 5) is 35.7. The first-order valence-corrected chi connectivity index (χ1v) is 11.9. The number of hydrogen-bond acceptors (Lipinski definition) is 11. The van der Waals surface area contributed by atoms with Gasteiger partial charge < -0.3 is 44.7 Å². The van der Waals surface area contributed by atoms with E-state index in [9.17, 15) is 10.2 Å². The van der Waals surface area contributed by atoms with Gasteiger partial charge in [-0.15, -0.1) is 0 Å². The summed E-state index contributed by atoms with van der Waals surface area (Å²) in [5.74, 6) is -2.19. The topological polar surface area (TPSA) is 196 Å². The fourth-order valence-corrected chi connectivity index (χ4v) is 3.16. The van der Waals surface area contributed by atoms with Crippen LogP contribution in [0.2, 0.25) is 0 Å². The van der Waals surface area contributed by atoms with E-state index in [1.165, 1.54) is 0 Å². The van der Waals surface area contributed by atoms with Crippen LogP contribution in [0.4, 0.5) is 0 Å². The number of aromatic hydroxyl groups is 2. The van der Waals surface area contributed by atoms with Crippen molar-refractivity contribution in [3.8, 4) is 50.9 Å².